The van der Waals surface area contributed by atoms with Gasteiger partial charge in [-0.05, 0) is 43.2 Å². The van der Waals surface area contributed by atoms with Gasteiger partial charge in [0.2, 0.25) is 5.91 Å². The molecule has 1 aliphatic heterocycles. The van der Waals surface area contributed by atoms with Crippen molar-refractivity contribution in [2.45, 2.75) is 32.4 Å². The number of carbonyl (C=O) groups excluding carboxylic acids is 2. The van der Waals surface area contributed by atoms with Crippen molar-refractivity contribution in [1.29, 1.82) is 0 Å². The fourth-order valence-electron chi connectivity index (χ4n) is 4.36. The molecule has 1 aromatic heterocycles. The van der Waals surface area contributed by atoms with E-state index in [-0.39, 0.29) is 24.3 Å². The summed E-state index contributed by atoms with van der Waals surface area (Å²) >= 11 is 2.01. The third-order valence-electron chi connectivity index (χ3n) is 6.35. The molecule has 1 N–H and O–H groups in total. The first-order valence-corrected chi connectivity index (χ1v) is 13.2. The minimum atomic E-state index is -0.779. The van der Waals surface area contributed by atoms with Crippen LogP contribution in [-0.2, 0) is 16.1 Å². The van der Waals surface area contributed by atoms with E-state index in [1.54, 1.807) is 26.1 Å². The Kier molecular flexibility index (Phi) is 8.57. The standard InChI is InChI=1S/C28H30N4O3S/c1-20-30-25-5-3-4-23(27(25)28(35)32(20)24(19-33)12-13-26(34)29-2)11-10-21-6-8-22(9-7-21)18-31-14-16-36-17-15-31/h3-9,19,24H,12-18H2,1-2H3,(H,29,34). The third-order valence-corrected chi connectivity index (χ3v) is 7.29. The maximum atomic E-state index is 13.5. The molecular weight excluding hydrogens is 472 g/mol. The summed E-state index contributed by atoms with van der Waals surface area (Å²) in [6.45, 7) is 4.88. The van der Waals surface area contributed by atoms with Gasteiger partial charge in [-0.15, -0.1) is 0 Å². The van der Waals surface area contributed by atoms with Gasteiger partial charge in [-0.1, -0.05) is 30.0 Å². The molecule has 186 valence electrons. The SMILES string of the molecule is CNC(=O)CCC(C=O)n1c(C)nc2cccc(C#Cc3ccc(CN4CCSCC4)cc3)c2c1=O. The van der Waals surface area contributed by atoms with Crippen LogP contribution in [0.4, 0.5) is 0 Å². The molecule has 3 aromatic rings. The highest BCUT2D eigenvalue weighted by atomic mass is 32.2. The highest BCUT2D eigenvalue weighted by Crippen LogP contribution is 2.18. The van der Waals surface area contributed by atoms with Crippen LogP contribution in [-0.4, -0.2) is 58.3 Å². The van der Waals surface area contributed by atoms with Gasteiger partial charge in [0, 0.05) is 55.7 Å². The molecule has 0 radical (unpaired) electrons. The van der Waals surface area contributed by atoms with Gasteiger partial charge >= 0.3 is 0 Å². The molecule has 4 rings (SSSR count). The monoisotopic (exact) mass is 502 g/mol. The fraction of sp³-hybridized carbons (Fsp3) is 0.357. The van der Waals surface area contributed by atoms with E-state index in [2.05, 4.69) is 39.2 Å². The average molecular weight is 503 g/mol. The largest absolute Gasteiger partial charge is 0.359 e. The molecule has 1 atom stereocenters. The number of benzene rings is 2. The number of aldehydes is 1. The number of aryl methyl sites for hydroxylation is 1. The molecule has 0 spiro atoms. The van der Waals surface area contributed by atoms with Gasteiger partial charge in [-0.2, -0.15) is 11.8 Å². The van der Waals surface area contributed by atoms with Crippen molar-refractivity contribution in [2.24, 2.45) is 0 Å². The van der Waals surface area contributed by atoms with Gasteiger partial charge in [0.05, 0.1) is 16.9 Å². The van der Waals surface area contributed by atoms with E-state index in [4.69, 9.17) is 0 Å². The summed E-state index contributed by atoms with van der Waals surface area (Å²) in [5.41, 5.74) is 2.89. The van der Waals surface area contributed by atoms with E-state index >= 15 is 0 Å². The fourth-order valence-corrected chi connectivity index (χ4v) is 5.34. The Labute approximate surface area is 215 Å². The highest BCUT2D eigenvalue weighted by molar-refractivity contribution is 7.99. The zero-order chi connectivity index (χ0) is 25.5. The smallest absolute Gasteiger partial charge is 0.263 e. The molecule has 2 aromatic carbocycles. The van der Waals surface area contributed by atoms with Gasteiger partial charge in [0.25, 0.3) is 5.56 Å². The van der Waals surface area contributed by atoms with E-state index in [0.717, 1.165) is 25.2 Å². The molecule has 2 heterocycles. The Morgan fingerprint density at radius 3 is 2.61 bits per heavy atom. The van der Waals surface area contributed by atoms with Crippen molar-refractivity contribution in [1.82, 2.24) is 19.8 Å². The summed E-state index contributed by atoms with van der Waals surface area (Å²) in [5, 5.41) is 2.92. The number of hydrogen-bond donors (Lipinski definition) is 1. The summed E-state index contributed by atoms with van der Waals surface area (Å²) < 4.78 is 1.37. The van der Waals surface area contributed by atoms with Crippen molar-refractivity contribution < 1.29 is 9.59 Å². The number of thioether (sulfide) groups is 1. The number of carbonyl (C=O) groups is 2. The second-order valence-corrected chi connectivity index (χ2v) is 10.0. The van der Waals surface area contributed by atoms with Crippen LogP contribution in [0, 0.1) is 18.8 Å². The normalized spacial score (nSPS) is 14.6. The van der Waals surface area contributed by atoms with E-state index < -0.39 is 6.04 Å². The van der Waals surface area contributed by atoms with Crippen LogP contribution in [0.3, 0.4) is 0 Å². The van der Waals surface area contributed by atoms with E-state index in [1.165, 1.54) is 21.6 Å². The molecule has 0 bridgehead atoms. The predicted octanol–water partition coefficient (Wildman–Crippen LogP) is 2.92. The third kappa shape index (κ3) is 6.04. The molecule has 1 fully saturated rings. The molecule has 1 unspecified atom stereocenters. The number of amides is 1. The first kappa shape index (κ1) is 25.7. The minimum absolute atomic E-state index is 0.137. The molecule has 0 aliphatic carbocycles. The van der Waals surface area contributed by atoms with Crippen LogP contribution in [0.25, 0.3) is 10.9 Å². The van der Waals surface area contributed by atoms with Gasteiger partial charge in [0.1, 0.15) is 12.1 Å². The maximum absolute atomic E-state index is 13.5. The Morgan fingerprint density at radius 2 is 1.92 bits per heavy atom. The lowest BCUT2D eigenvalue weighted by Gasteiger charge is -2.26. The van der Waals surface area contributed by atoms with Crippen LogP contribution < -0.4 is 10.9 Å². The summed E-state index contributed by atoms with van der Waals surface area (Å²) in [6.07, 6.45) is 1.05. The van der Waals surface area contributed by atoms with Crippen molar-refractivity contribution in [2.75, 3.05) is 31.6 Å². The lowest BCUT2D eigenvalue weighted by Crippen LogP contribution is -2.31. The second-order valence-electron chi connectivity index (χ2n) is 8.78. The molecule has 1 aliphatic rings. The molecule has 8 heteroatoms. The van der Waals surface area contributed by atoms with Crippen molar-refractivity contribution in [3.8, 4) is 11.8 Å². The molecular formula is C28H30N4O3S. The molecule has 7 nitrogen and oxygen atoms in total. The maximum Gasteiger partial charge on any atom is 0.263 e. The molecule has 1 saturated heterocycles. The predicted molar refractivity (Wildman–Crippen MR) is 144 cm³/mol. The lowest BCUT2D eigenvalue weighted by atomic mass is 10.1. The Balaban J connectivity index is 1.62. The van der Waals surface area contributed by atoms with Gasteiger partial charge in [-0.25, -0.2) is 4.98 Å². The molecule has 1 amide bonds. The highest BCUT2D eigenvalue weighted by Gasteiger charge is 2.19. The topological polar surface area (TPSA) is 84.3 Å². The van der Waals surface area contributed by atoms with Crippen LogP contribution in [0.15, 0.2) is 47.3 Å². The van der Waals surface area contributed by atoms with E-state index in [1.807, 2.05) is 30.0 Å². The average Bonchev–Trinajstić information content (AvgIpc) is 2.90. The quantitative estimate of drug-likeness (QED) is 0.395. The number of fused-ring (bicyclic) bond motifs is 1. The van der Waals surface area contributed by atoms with Crippen LogP contribution in [0.5, 0.6) is 0 Å². The zero-order valence-corrected chi connectivity index (χ0v) is 21.4. The van der Waals surface area contributed by atoms with Crippen LogP contribution in [0.2, 0.25) is 0 Å². The number of nitrogens with zero attached hydrogens (tertiary/aromatic N) is 3. The molecule has 0 saturated carbocycles. The van der Waals surface area contributed by atoms with Gasteiger partial charge < -0.3 is 10.1 Å². The van der Waals surface area contributed by atoms with E-state index in [9.17, 15) is 14.4 Å². The number of rotatable bonds is 7. The van der Waals surface area contributed by atoms with Crippen LogP contribution in [0.1, 0.15) is 41.4 Å². The minimum Gasteiger partial charge on any atom is -0.359 e. The van der Waals surface area contributed by atoms with Gasteiger partial charge in [-0.3, -0.25) is 19.1 Å². The van der Waals surface area contributed by atoms with Crippen molar-refractivity contribution >= 4 is 34.9 Å². The number of hydrogen-bond acceptors (Lipinski definition) is 6. The summed E-state index contributed by atoms with van der Waals surface area (Å²) in [6, 6.07) is 12.8. The summed E-state index contributed by atoms with van der Waals surface area (Å²) in [7, 11) is 1.54. The Morgan fingerprint density at radius 1 is 1.17 bits per heavy atom. The zero-order valence-electron chi connectivity index (χ0n) is 20.6. The summed E-state index contributed by atoms with van der Waals surface area (Å²) in [5.74, 6) is 8.92. The first-order valence-electron chi connectivity index (χ1n) is 12.1. The summed E-state index contributed by atoms with van der Waals surface area (Å²) in [4.78, 5) is 44.1. The molecule has 36 heavy (non-hydrogen) atoms. The Bertz CT molecular complexity index is 1370. The van der Waals surface area contributed by atoms with Crippen molar-refractivity contribution in [3.05, 3.63) is 75.3 Å². The van der Waals surface area contributed by atoms with Gasteiger partial charge in [0.15, 0.2) is 0 Å². The second kappa shape index (κ2) is 12.0. The van der Waals surface area contributed by atoms with Crippen molar-refractivity contribution in [3.63, 3.8) is 0 Å². The lowest BCUT2D eigenvalue weighted by molar-refractivity contribution is -0.121. The first-order chi connectivity index (χ1) is 17.5. The number of aromatic nitrogens is 2. The van der Waals surface area contributed by atoms with E-state index in [0.29, 0.717) is 28.6 Å². The Hall–Kier alpha value is -3.41. The van der Waals surface area contributed by atoms with Crippen LogP contribution >= 0.6 is 11.8 Å². The number of nitrogens with one attached hydrogen (secondary N) is 1.